The summed E-state index contributed by atoms with van der Waals surface area (Å²) in [6, 6.07) is 2.84. The average molecular weight is 747 g/mol. The van der Waals surface area contributed by atoms with Crippen LogP contribution >= 0.6 is 0 Å². The first-order valence-electron chi connectivity index (χ1n) is 10.5. The van der Waals surface area contributed by atoms with E-state index in [9.17, 15) is 4.79 Å². The van der Waals surface area contributed by atoms with Crippen molar-refractivity contribution in [2.24, 2.45) is 5.92 Å². The topological polar surface area (TPSA) is 26.8 Å². The van der Waals surface area contributed by atoms with Gasteiger partial charge in [-0.25, -0.2) is 0 Å². The van der Waals surface area contributed by atoms with E-state index < -0.39 is 0 Å². The molecule has 4 unspecified atom stereocenters. The minimum absolute atomic E-state index is 0. The molecule has 6 heteroatoms. The minimum atomic E-state index is -0.185. The summed E-state index contributed by atoms with van der Waals surface area (Å²) in [5, 5.41) is 0. The molecule has 2 aliphatic heterocycles. The molecule has 29 heavy (non-hydrogen) atoms. The summed E-state index contributed by atoms with van der Waals surface area (Å²) >= 11 is 0. The summed E-state index contributed by atoms with van der Waals surface area (Å²) in [5.41, 5.74) is 0. The molecule has 2 fully saturated rings. The van der Waals surface area contributed by atoms with Crippen molar-refractivity contribution < 1.29 is 46.9 Å². The van der Waals surface area contributed by atoms with Crippen LogP contribution in [0.1, 0.15) is 60.3 Å². The molecule has 0 aromatic heterocycles. The van der Waals surface area contributed by atoms with Crippen LogP contribution in [0.5, 0.6) is 0 Å². The van der Waals surface area contributed by atoms with E-state index in [1.807, 2.05) is 0 Å². The number of carbonyl (C=O) groups is 1. The number of fused-ring (bicyclic) bond motifs is 2. The molecule has 0 radical (unpaired) electrons. The molecule has 2 bridgehead atoms. The Labute approximate surface area is 211 Å². The molecule has 0 spiro atoms. The molecule has 170 valence electrons. The maximum atomic E-state index is 10.1. The van der Waals surface area contributed by atoms with E-state index in [2.05, 4.69) is 78.7 Å². The van der Waals surface area contributed by atoms with Gasteiger partial charge in [0.15, 0.2) is 0 Å². The Morgan fingerprint density at radius 2 is 1.66 bits per heavy atom. The molecule has 0 aliphatic carbocycles. The monoisotopic (exact) mass is 747 g/mol. The zero-order valence-electron chi connectivity index (χ0n) is 19.9. The van der Waals surface area contributed by atoms with E-state index >= 15 is 0 Å². The van der Waals surface area contributed by atoms with Crippen molar-refractivity contribution in [1.29, 1.82) is 0 Å². The molecule has 2 saturated heterocycles. The Morgan fingerprint density at radius 1 is 1.21 bits per heavy atom. The molecule has 0 N–H and O–H groups in total. The largest absolute Gasteiger partial charge is 2.00 e. The predicted molar refractivity (Wildman–Crippen MR) is 118 cm³/mol. The average Bonchev–Trinajstić information content (AvgIpc) is 2.83. The number of amides is 1. The van der Waals surface area contributed by atoms with E-state index in [-0.39, 0.29) is 48.0 Å². The number of nitrogens with zero attached hydrogens (tertiary/aromatic N) is 3. The van der Waals surface area contributed by atoms with Crippen LogP contribution in [0.2, 0.25) is 0 Å². The number of rotatable bonds is 5. The molecule has 4 atom stereocenters. The van der Waals surface area contributed by atoms with Gasteiger partial charge >= 0.3 is 42.1 Å². The van der Waals surface area contributed by atoms with Crippen molar-refractivity contribution in [1.82, 2.24) is 14.7 Å². The molecule has 2 heterocycles. The summed E-state index contributed by atoms with van der Waals surface area (Å²) in [7, 11) is 3.95. The molecule has 2 rings (SSSR count). The third-order valence-electron chi connectivity index (χ3n) is 6.03. The summed E-state index contributed by atoms with van der Waals surface area (Å²) in [6.45, 7) is 23.2. The molecule has 0 aromatic carbocycles. The maximum absolute atomic E-state index is 10.1. The van der Waals surface area contributed by atoms with Gasteiger partial charge in [0.25, 0.3) is 0 Å². The molecule has 0 aromatic rings. The van der Waals surface area contributed by atoms with Crippen LogP contribution < -0.4 is 0 Å². The maximum Gasteiger partial charge on any atom is 2.00 e. The van der Waals surface area contributed by atoms with E-state index in [1.165, 1.54) is 30.6 Å². The van der Waals surface area contributed by atoms with Gasteiger partial charge < -0.3 is 46.7 Å². The quantitative estimate of drug-likeness (QED) is 0.397. The van der Waals surface area contributed by atoms with Crippen LogP contribution in [0.4, 0.5) is 0 Å². The fourth-order valence-electron chi connectivity index (χ4n) is 4.00. The summed E-state index contributed by atoms with van der Waals surface area (Å²) < 4.78 is 0. The van der Waals surface area contributed by atoms with Crippen molar-refractivity contribution in [3.63, 3.8) is 0 Å². The Morgan fingerprint density at radius 3 is 1.86 bits per heavy atom. The Balaban J connectivity index is -0.000000345. The fourth-order valence-corrected chi connectivity index (χ4v) is 4.00. The molecular formula is C23H45N3OW2. The number of piperidine rings is 1. The first kappa shape index (κ1) is 34.3. The number of hydrogen-bond donors (Lipinski definition) is 0. The SMILES string of the molecule is CC1CC2CCC(C1)N2C.[CH2-]C(C)N(CC)C(C)[CH-]C.[CH2-]CN(C)C([CH2-])=O.[W+2].[W+2]. The van der Waals surface area contributed by atoms with Gasteiger partial charge in [0.2, 0.25) is 0 Å². The van der Waals surface area contributed by atoms with Gasteiger partial charge in [-0.2, -0.15) is 6.92 Å². The standard InChI is InChI=1S/C9H17N.C9H19N.C5H9NO.2W/c1-7-5-8-3-4-9(6-7)10(8)2;1-6-9(5)10(7-2)8(3)4;1-4-6(3)5(2)7;;/h7-9H,3-6H2,1-2H3;6,8-9H,3,7H2,1-2,4-5H3;1-2,4H2,3H3;;/q;2*-2;2*+2. The second-order valence-corrected chi connectivity index (χ2v) is 8.20. The normalized spacial score (nSPS) is 24.6. The second-order valence-electron chi connectivity index (χ2n) is 8.20. The van der Waals surface area contributed by atoms with Crippen LogP contribution in [-0.4, -0.2) is 72.0 Å². The third kappa shape index (κ3) is 12.9. The summed E-state index contributed by atoms with van der Waals surface area (Å²) in [4.78, 5) is 16.5. The summed E-state index contributed by atoms with van der Waals surface area (Å²) in [6.07, 6.45) is 8.03. The van der Waals surface area contributed by atoms with E-state index in [1.54, 1.807) is 7.05 Å². The van der Waals surface area contributed by atoms with Gasteiger partial charge in [0, 0.05) is 19.1 Å². The van der Waals surface area contributed by atoms with E-state index in [0.29, 0.717) is 18.6 Å². The molecule has 0 saturated carbocycles. The molecule has 4 nitrogen and oxygen atoms in total. The van der Waals surface area contributed by atoms with Crippen molar-refractivity contribution in [3.8, 4) is 0 Å². The van der Waals surface area contributed by atoms with Crippen LogP contribution in [-0.2, 0) is 46.9 Å². The molecule has 1 amide bonds. The first-order chi connectivity index (χ1) is 12.6. The van der Waals surface area contributed by atoms with Crippen molar-refractivity contribution >= 4 is 5.91 Å². The van der Waals surface area contributed by atoms with Gasteiger partial charge in [0.1, 0.15) is 0 Å². The number of carbonyl (C=O) groups excluding carboxylic acids is 1. The second kappa shape index (κ2) is 18.2. The van der Waals surface area contributed by atoms with Crippen molar-refractivity contribution in [2.75, 3.05) is 27.2 Å². The molecular weight excluding hydrogens is 702 g/mol. The van der Waals surface area contributed by atoms with Gasteiger partial charge in [-0.05, 0) is 45.2 Å². The zero-order valence-corrected chi connectivity index (χ0v) is 25.8. The van der Waals surface area contributed by atoms with Gasteiger partial charge in [-0.15, -0.1) is 18.6 Å². The van der Waals surface area contributed by atoms with Crippen molar-refractivity contribution in [3.05, 3.63) is 27.2 Å². The van der Waals surface area contributed by atoms with Gasteiger partial charge in [0.05, 0.1) is 5.91 Å². The zero-order chi connectivity index (χ0) is 21.1. The Bertz CT molecular complexity index is 396. The van der Waals surface area contributed by atoms with Crippen LogP contribution in [0.25, 0.3) is 0 Å². The minimum Gasteiger partial charge on any atom is -0.401 e. The predicted octanol–water partition coefficient (Wildman–Crippen LogP) is 4.13. The number of hydrogen-bond acceptors (Lipinski definition) is 3. The first-order valence-corrected chi connectivity index (χ1v) is 10.5. The van der Waals surface area contributed by atoms with Crippen LogP contribution in [0.3, 0.4) is 0 Å². The fraction of sp³-hybridized carbons (Fsp3) is 0.783. The van der Waals surface area contributed by atoms with E-state index in [0.717, 1.165) is 24.5 Å². The summed E-state index contributed by atoms with van der Waals surface area (Å²) in [5.74, 6) is 0.809. The Hall–Kier alpha value is 0.637. The van der Waals surface area contributed by atoms with Gasteiger partial charge in [-0.1, -0.05) is 27.7 Å². The van der Waals surface area contributed by atoms with Gasteiger partial charge in [-0.3, -0.25) is 0 Å². The van der Waals surface area contributed by atoms with Crippen LogP contribution in [0.15, 0.2) is 0 Å². The smallest absolute Gasteiger partial charge is 0.401 e. The van der Waals surface area contributed by atoms with E-state index in [4.69, 9.17) is 0 Å². The molecule has 2 aliphatic rings. The van der Waals surface area contributed by atoms with Crippen LogP contribution in [0, 0.1) is 33.1 Å². The third-order valence-corrected chi connectivity index (χ3v) is 6.03. The Kier molecular flexibility index (Phi) is 21.5. The van der Waals surface area contributed by atoms with Crippen molar-refractivity contribution in [2.45, 2.75) is 84.5 Å².